The molecular formula is C14H21ClN2O2. The maximum absolute atomic E-state index is 5.99. The minimum atomic E-state index is -0.108. The van der Waals surface area contributed by atoms with Crippen LogP contribution >= 0.6 is 11.6 Å². The Kier molecular flexibility index (Phi) is 5.05. The van der Waals surface area contributed by atoms with Crippen LogP contribution in [0.5, 0.6) is 5.75 Å². The summed E-state index contributed by atoms with van der Waals surface area (Å²) in [6, 6.07) is 5.43. The van der Waals surface area contributed by atoms with E-state index in [-0.39, 0.29) is 12.1 Å². The lowest BCUT2D eigenvalue weighted by atomic mass is 10.1. The van der Waals surface area contributed by atoms with Crippen molar-refractivity contribution in [3.05, 3.63) is 28.8 Å². The van der Waals surface area contributed by atoms with Gasteiger partial charge in [0, 0.05) is 29.7 Å². The molecule has 5 heteroatoms. The third kappa shape index (κ3) is 4.08. The summed E-state index contributed by atoms with van der Waals surface area (Å²) in [5, 5.41) is 0.674. The van der Waals surface area contributed by atoms with E-state index in [1.165, 1.54) is 0 Å². The SMILES string of the molecule is C[C@@H](N)c1cc(Cl)ccc1OCC1CN(C)CCO1. The fourth-order valence-corrected chi connectivity index (χ4v) is 2.34. The van der Waals surface area contributed by atoms with Crippen molar-refractivity contribution in [3.63, 3.8) is 0 Å². The second-order valence-electron chi connectivity index (χ2n) is 5.04. The van der Waals surface area contributed by atoms with Gasteiger partial charge >= 0.3 is 0 Å². The summed E-state index contributed by atoms with van der Waals surface area (Å²) in [5.41, 5.74) is 6.86. The molecule has 1 unspecified atom stereocenters. The number of hydrogen-bond acceptors (Lipinski definition) is 4. The molecule has 2 atom stereocenters. The maximum Gasteiger partial charge on any atom is 0.124 e. The summed E-state index contributed by atoms with van der Waals surface area (Å²) in [6.07, 6.45) is 0.107. The lowest BCUT2D eigenvalue weighted by Gasteiger charge is -2.30. The number of nitrogens with zero attached hydrogens (tertiary/aromatic N) is 1. The van der Waals surface area contributed by atoms with Gasteiger partial charge in [0.05, 0.1) is 6.61 Å². The predicted molar refractivity (Wildman–Crippen MR) is 76.8 cm³/mol. The zero-order valence-corrected chi connectivity index (χ0v) is 12.2. The van der Waals surface area contributed by atoms with E-state index in [2.05, 4.69) is 11.9 Å². The molecule has 0 bridgehead atoms. The van der Waals surface area contributed by atoms with Crippen LogP contribution in [-0.4, -0.2) is 44.4 Å². The standard InChI is InChI=1S/C14H21ClN2O2/c1-10(16)13-7-11(15)3-4-14(13)19-9-12-8-17(2)5-6-18-12/h3-4,7,10,12H,5-6,8-9,16H2,1-2H3/t10-,12?/m1/s1. The molecule has 0 amide bonds. The van der Waals surface area contributed by atoms with Crippen LogP contribution in [0.4, 0.5) is 0 Å². The van der Waals surface area contributed by atoms with E-state index in [0.29, 0.717) is 11.6 Å². The zero-order valence-electron chi connectivity index (χ0n) is 11.4. The van der Waals surface area contributed by atoms with Gasteiger partial charge in [0.15, 0.2) is 0 Å². The molecule has 1 aromatic rings. The van der Waals surface area contributed by atoms with Gasteiger partial charge in [0.2, 0.25) is 0 Å². The monoisotopic (exact) mass is 284 g/mol. The number of halogens is 1. The van der Waals surface area contributed by atoms with Gasteiger partial charge in [-0.2, -0.15) is 0 Å². The lowest BCUT2D eigenvalue weighted by Crippen LogP contribution is -2.42. The minimum Gasteiger partial charge on any atom is -0.490 e. The van der Waals surface area contributed by atoms with Gasteiger partial charge in [-0.25, -0.2) is 0 Å². The van der Waals surface area contributed by atoms with Gasteiger partial charge < -0.3 is 20.1 Å². The second-order valence-corrected chi connectivity index (χ2v) is 5.47. The third-order valence-electron chi connectivity index (χ3n) is 3.23. The third-order valence-corrected chi connectivity index (χ3v) is 3.46. The first-order chi connectivity index (χ1) is 9.06. The van der Waals surface area contributed by atoms with Gasteiger partial charge in [0.25, 0.3) is 0 Å². The summed E-state index contributed by atoms with van der Waals surface area (Å²) < 4.78 is 11.5. The van der Waals surface area contributed by atoms with Crippen molar-refractivity contribution in [2.45, 2.75) is 19.1 Å². The van der Waals surface area contributed by atoms with Crippen molar-refractivity contribution in [2.75, 3.05) is 33.4 Å². The van der Waals surface area contributed by atoms with E-state index in [9.17, 15) is 0 Å². The molecule has 19 heavy (non-hydrogen) atoms. The molecule has 0 radical (unpaired) electrons. The summed E-state index contributed by atoms with van der Waals surface area (Å²) >= 11 is 5.99. The highest BCUT2D eigenvalue weighted by molar-refractivity contribution is 6.30. The van der Waals surface area contributed by atoms with Crippen LogP contribution in [0.15, 0.2) is 18.2 Å². The first-order valence-corrected chi connectivity index (χ1v) is 6.92. The number of nitrogens with two attached hydrogens (primary N) is 1. The van der Waals surface area contributed by atoms with Gasteiger partial charge in [-0.3, -0.25) is 0 Å². The Labute approximate surface area is 119 Å². The minimum absolute atomic E-state index is 0.107. The Balaban J connectivity index is 1.99. The molecule has 0 aliphatic carbocycles. The molecule has 0 saturated carbocycles. The van der Waals surface area contributed by atoms with Gasteiger partial charge in [0.1, 0.15) is 18.5 Å². The predicted octanol–water partition coefficient (Wildman–Crippen LogP) is 2.07. The fourth-order valence-electron chi connectivity index (χ4n) is 2.16. The van der Waals surface area contributed by atoms with E-state index < -0.39 is 0 Å². The van der Waals surface area contributed by atoms with Crippen molar-refractivity contribution in [1.29, 1.82) is 0 Å². The van der Waals surface area contributed by atoms with Crippen molar-refractivity contribution in [2.24, 2.45) is 5.73 Å². The molecule has 2 N–H and O–H groups in total. The van der Waals surface area contributed by atoms with Crippen LogP contribution < -0.4 is 10.5 Å². The molecule has 1 aliphatic rings. The highest BCUT2D eigenvalue weighted by Gasteiger charge is 2.19. The summed E-state index contributed by atoms with van der Waals surface area (Å²) in [7, 11) is 2.09. The zero-order chi connectivity index (χ0) is 13.8. The average Bonchev–Trinajstić information content (AvgIpc) is 2.37. The summed E-state index contributed by atoms with van der Waals surface area (Å²) in [6.45, 7) is 5.07. The summed E-state index contributed by atoms with van der Waals surface area (Å²) in [5.74, 6) is 0.788. The Bertz CT molecular complexity index is 426. The Morgan fingerprint density at radius 2 is 2.37 bits per heavy atom. The molecule has 106 valence electrons. The van der Waals surface area contributed by atoms with Crippen LogP contribution in [0.2, 0.25) is 5.02 Å². The number of rotatable bonds is 4. The Morgan fingerprint density at radius 1 is 1.58 bits per heavy atom. The average molecular weight is 285 g/mol. The van der Waals surface area contributed by atoms with Crippen LogP contribution in [-0.2, 0) is 4.74 Å². The molecule has 4 nitrogen and oxygen atoms in total. The highest BCUT2D eigenvalue weighted by atomic mass is 35.5. The van der Waals surface area contributed by atoms with E-state index in [1.54, 1.807) is 0 Å². The normalized spacial score (nSPS) is 22.2. The molecule has 1 fully saturated rings. The van der Waals surface area contributed by atoms with Gasteiger partial charge in [-0.05, 0) is 32.2 Å². The molecule has 1 aliphatic heterocycles. The van der Waals surface area contributed by atoms with Crippen molar-refractivity contribution < 1.29 is 9.47 Å². The smallest absolute Gasteiger partial charge is 0.124 e. The molecule has 1 saturated heterocycles. The number of morpholine rings is 1. The topological polar surface area (TPSA) is 47.7 Å². The van der Waals surface area contributed by atoms with Crippen molar-refractivity contribution in [1.82, 2.24) is 4.90 Å². The molecule has 0 aromatic heterocycles. The molecule has 1 aromatic carbocycles. The Hall–Kier alpha value is -0.810. The highest BCUT2D eigenvalue weighted by Crippen LogP contribution is 2.27. The van der Waals surface area contributed by atoms with Gasteiger partial charge in [-0.1, -0.05) is 11.6 Å². The number of benzene rings is 1. The molecule has 2 rings (SSSR count). The Morgan fingerprint density at radius 3 is 3.05 bits per heavy atom. The quantitative estimate of drug-likeness (QED) is 0.919. The molecule has 0 spiro atoms. The number of hydrogen-bond donors (Lipinski definition) is 1. The van der Waals surface area contributed by atoms with Crippen molar-refractivity contribution in [3.8, 4) is 5.75 Å². The van der Waals surface area contributed by atoms with E-state index in [1.807, 2.05) is 25.1 Å². The number of likely N-dealkylation sites (N-methyl/N-ethyl adjacent to an activating group) is 1. The van der Waals surface area contributed by atoms with Crippen LogP contribution in [0.1, 0.15) is 18.5 Å². The number of ether oxygens (including phenoxy) is 2. The molecular weight excluding hydrogens is 264 g/mol. The first kappa shape index (κ1) is 14.6. The van der Waals surface area contributed by atoms with Crippen molar-refractivity contribution >= 4 is 11.6 Å². The van der Waals surface area contributed by atoms with E-state index in [4.69, 9.17) is 26.8 Å². The fraction of sp³-hybridized carbons (Fsp3) is 0.571. The molecule has 1 heterocycles. The van der Waals surface area contributed by atoms with E-state index in [0.717, 1.165) is 31.0 Å². The van der Waals surface area contributed by atoms with Crippen LogP contribution in [0, 0.1) is 0 Å². The van der Waals surface area contributed by atoms with Gasteiger partial charge in [-0.15, -0.1) is 0 Å². The first-order valence-electron chi connectivity index (χ1n) is 6.54. The lowest BCUT2D eigenvalue weighted by molar-refractivity contribution is -0.0405. The maximum atomic E-state index is 5.99. The summed E-state index contributed by atoms with van der Waals surface area (Å²) in [4.78, 5) is 2.24. The van der Waals surface area contributed by atoms with Crippen LogP contribution in [0.3, 0.4) is 0 Å². The second kappa shape index (κ2) is 6.57. The van der Waals surface area contributed by atoms with Crippen LogP contribution in [0.25, 0.3) is 0 Å². The largest absolute Gasteiger partial charge is 0.490 e. The van der Waals surface area contributed by atoms with E-state index >= 15 is 0 Å².